The molecule has 0 radical (unpaired) electrons. The van der Waals surface area contributed by atoms with Gasteiger partial charge in [-0.05, 0) is 84.2 Å². The number of hydrogen-bond donors (Lipinski definition) is 1. The average Bonchev–Trinajstić information content (AvgIpc) is 3.54. The number of non-ortho nitro benzene ring substituents is 1. The Morgan fingerprint density at radius 3 is 1.63 bits per heavy atom. The fourth-order valence-corrected chi connectivity index (χ4v) is 7.25. The molecule has 2 heterocycles. The minimum Gasteiger partial charge on any atom is -0.488 e. The van der Waals surface area contributed by atoms with Crippen molar-refractivity contribution in [3.8, 4) is 5.75 Å². The number of rotatable bonds is 9. The molecule has 310 valence electrons. The van der Waals surface area contributed by atoms with Crippen molar-refractivity contribution in [2.45, 2.75) is 168 Å². The minimum atomic E-state index is -2.12. The number of halogens is 1. The Hall–Kier alpha value is -2.80. The summed E-state index contributed by atoms with van der Waals surface area (Å²) in [5.41, 5.74) is -1.59. The zero-order chi connectivity index (χ0) is 41.8. The van der Waals surface area contributed by atoms with Gasteiger partial charge in [0.25, 0.3) is 5.69 Å². The Bertz CT molecular complexity index is 1450. The van der Waals surface area contributed by atoms with Crippen molar-refractivity contribution in [1.82, 2.24) is 9.80 Å². The molecule has 16 heteroatoms. The molecular weight excluding hydrogens is 734 g/mol. The van der Waals surface area contributed by atoms with Gasteiger partial charge in [-0.3, -0.25) is 15.0 Å². The maximum atomic E-state index is 13.9. The van der Waals surface area contributed by atoms with Crippen molar-refractivity contribution < 1.29 is 47.1 Å². The number of carbonyl (C=O) groups excluding carboxylic acids is 2. The van der Waals surface area contributed by atoms with E-state index in [1.54, 1.807) is 30.6 Å². The molecule has 2 aliphatic rings. The topological polar surface area (TPSA) is 150 Å². The number of aliphatic hydroxyl groups excluding tert-OH is 1. The molecular formula is C38H68FN3O10Si2. The third-order valence-electron chi connectivity index (χ3n) is 10.4. The van der Waals surface area contributed by atoms with Crippen LogP contribution in [-0.4, -0.2) is 110 Å². The first-order chi connectivity index (χ1) is 24.2. The van der Waals surface area contributed by atoms with Crippen molar-refractivity contribution >= 4 is 34.5 Å². The summed E-state index contributed by atoms with van der Waals surface area (Å²) in [5.74, 6) is -0.713. The molecule has 54 heavy (non-hydrogen) atoms. The van der Waals surface area contributed by atoms with E-state index in [0.717, 1.165) is 12.1 Å². The number of likely N-dealkylation sites (tertiary alicyclic amines) is 2. The zero-order valence-corrected chi connectivity index (χ0v) is 37.6. The van der Waals surface area contributed by atoms with Crippen molar-refractivity contribution in [2.75, 3.05) is 26.3 Å². The maximum absolute atomic E-state index is 13.9. The predicted octanol–water partition coefficient (Wildman–Crippen LogP) is 8.89. The van der Waals surface area contributed by atoms with Crippen LogP contribution in [0.3, 0.4) is 0 Å². The summed E-state index contributed by atoms with van der Waals surface area (Å²) >= 11 is 0. The highest BCUT2D eigenvalue weighted by Crippen LogP contribution is 2.39. The molecule has 2 amide bonds. The molecule has 0 unspecified atom stereocenters. The van der Waals surface area contributed by atoms with Crippen LogP contribution < -0.4 is 4.74 Å². The molecule has 2 saturated heterocycles. The second kappa shape index (κ2) is 17.6. The van der Waals surface area contributed by atoms with Crippen LogP contribution >= 0.6 is 0 Å². The number of nitro groups is 1. The SMILES string of the molecule is CC(C)(C)OC(=O)N1CC[C@H](O)[C@H]1CO[Si](C)(C)C(C)(C)C.CC(C)(C)OC(=O)N1CC[C@H](Oc2cc(F)cc([N+](=O)[O-])c2)[C@H]1CO[Si](C)(C)C(C)(C)C. The molecule has 4 atom stereocenters. The van der Waals surface area contributed by atoms with E-state index in [1.807, 2.05) is 20.8 Å². The summed E-state index contributed by atoms with van der Waals surface area (Å²) in [6, 6.07) is 2.34. The number of benzene rings is 1. The molecule has 0 spiro atoms. The van der Waals surface area contributed by atoms with E-state index in [4.69, 9.17) is 23.1 Å². The Balaban J connectivity index is 0.000000401. The summed E-state index contributed by atoms with van der Waals surface area (Å²) < 4.78 is 43.4. The van der Waals surface area contributed by atoms with Crippen LogP contribution in [0.2, 0.25) is 36.3 Å². The van der Waals surface area contributed by atoms with Crippen molar-refractivity contribution in [2.24, 2.45) is 0 Å². The number of nitro benzene ring substituents is 1. The van der Waals surface area contributed by atoms with Gasteiger partial charge in [0.05, 0.1) is 48.5 Å². The van der Waals surface area contributed by atoms with E-state index >= 15 is 0 Å². The third kappa shape index (κ3) is 13.7. The summed E-state index contributed by atoms with van der Waals surface area (Å²) in [7, 11) is -4.02. The molecule has 0 aliphatic carbocycles. The van der Waals surface area contributed by atoms with Gasteiger partial charge >= 0.3 is 12.2 Å². The first-order valence-electron chi connectivity index (χ1n) is 18.8. The average molecular weight is 802 g/mol. The van der Waals surface area contributed by atoms with Gasteiger partial charge in [-0.25, -0.2) is 14.0 Å². The number of amides is 2. The molecule has 13 nitrogen and oxygen atoms in total. The second-order valence-corrected chi connectivity index (χ2v) is 28.9. The lowest BCUT2D eigenvalue weighted by Gasteiger charge is -2.38. The Labute approximate surface area is 324 Å². The van der Waals surface area contributed by atoms with Gasteiger partial charge in [0, 0.05) is 25.6 Å². The van der Waals surface area contributed by atoms with Crippen molar-refractivity contribution in [3.05, 3.63) is 34.1 Å². The molecule has 1 N–H and O–H groups in total. The highest BCUT2D eigenvalue weighted by Gasteiger charge is 2.45. The highest BCUT2D eigenvalue weighted by molar-refractivity contribution is 6.74. The largest absolute Gasteiger partial charge is 0.488 e. The van der Waals surface area contributed by atoms with E-state index in [2.05, 4.69) is 67.7 Å². The van der Waals surface area contributed by atoms with Crippen LogP contribution in [0.1, 0.15) is 95.9 Å². The van der Waals surface area contributed by atoms with Gasteiger partial charge in [-0.2, -0.15) is 0 Å². The summed E-state index contributed by atoms with van der Waals surface area (Å²) in [6.07, 6.45) is -0.864. The fourth-order valence-electron chi connectivity index (χ4n) is 5.21. The van der Waals surface area contributed by atoms with E-state index in [0.29, 0.717) is 32.5 Å². The molecule has 2 fully saturated rings. The number of aliphatic hydroxyl groups is 1. The Kier molecular flexibility index (Phi) is 15.4. The Morgan fingerprint density at radius 2 is 1.20 bits per heavy atom. The smallest absolute Gasteiger partial charge is 0.410 e. The number of ether oxygens (including phenoxy) is 3. The van der Waals surface area contributed by atoms with E-state index < -0.39 is 68.6 Å². The highest BCUT2D eigenvalue weighted by atomic mass is 28.4. The van der Waals surface area contributed by atoms with Crippen LogP contribution in [0.5, 0.6) is 5.75 Å². The van der Waals surface area contributed by atoms with Gasteiger partial charge in [0.2, 0.25) is 0 Å². The first kappa shape index (κ1) is 47.4. The van der Waals surface area contributed by atoms with E-state index in [9.17, 15) is 29.2 Å². The predicted molar refractivity (Wildman–Crippen MR) is 212 cm³/mol. The number of nitrogens with zero attached hydrogens (tertiary/aromatic N) is 3. The van der Waals surface area contributed by atoms with E-state index in [-0.39, 0.29) is 34.6 Å². The van der Waals surface area contributed by atoms with Crippen LogP contribution in [0.15, 0.2) is 18.2 Å². The monoisotopic (exact) mass is 801 g/mol. The number of carbonyl (C=O) groups is 2. The zero-order valence-electron chi connectivity index (χ0n) is 35.6. The van der Waals surface area contributed by atoms with Crippen LogP contribution in [-0.2, 0) is 18.3 Å². The molecule has 0 bridgehead atoms. The lowest BCUT2D eigenvalue weighted by molar-refractivity contribution is -0.385. The molecule has 1 aromatic carbocycles. The maximum Gasteiger partial charge on any atom is 0.410 e. The molecule has 0 saturated carbocycles. The van der Waals surface area contributed by atoms with Crippen LogP contribution in [0.4, 0.5) is 19.7 Å². The van der Waals surface area contributed by atoms with Gasteiger partial charge in [-0.15, -0.1) is 0 Å². The standard InChI is InChI=1S/C22H35FN2O6Si.C16H33NO4Si/c1-21(2,3)31-20(26)24-10-9-19(18(24)14-29-32(7,8)22(4,5)6)30-17-12-15(23)11-16(13-17)25(27)28;1-15(2,3)21-14(19)17-10-9-13(18)12(17)11-20-22(7,8)16(4,5)6/h11-13,18-19H,9-10,14H2,1-8H3;12-13,18H,9-11H2,1-8H3/t18-,19+;12-,13+/m11/s1. The lowest BCUT2D eigenvalue weighted by Crippen LogP contribution is -2.50. The lowest BCUT2D eigenvalue weighted by atomic mass is 10.1. The molecule has 2 aliphatic heterocycles. The minimum absolute atomic E-state index is 0.0259. The van der Waals surface area contributed by atoms with Crippen LogP contribution in [0.25, 0.3) is 0 Å². The van der Waals surface area contributed by atoms with Crippen molar-refractivity contribution in [1.29, 1.82) is 0 Å². The van der Waals surface area contributed by atoms with Gasteiger partial charge < -0.3 is 33.1 Å². The fraction of sp³-hybridized carbons (Fsp3) is 0.789. The first-order valence-corrected chi connectivity index (χ1v) is 24.6. The summed E-state index contributed by atoms with van der Waals surface area (Å²) in [6.45, 7) is 33.9. The van der Waals surface area contributed by atoms with Gasteiger partial charge in [-0.1, -0.05) is 41.5 Å². The molecule has 0 aromatic heterocycles. The second-order valence-electron chi connectivity index (χ2n) is 19.3. The third-order valence-corrected chi connectivity index (χ3v) is 19.4. The molecule has 1 aromatic rings. The van der Waals surface area contributed by atoms with E-state index in [1.165, 1.54) is 6.07 Å². The quantitative estimate of drug-likeness (QED) is 0.146. The number of hydrogen-bond acceptors (Lipinski definition) is 10. The Morgan fingerprint density at radius 1 is 0.778 bits per heavy atom. The van der Waals surface area contributed by atoms with Gasteiger partial charge in [0.1, 0.15) is 28.9 Å². The summed E-state index contributed by atoms with van der Waals surface area (Å²) in [5, 5.41) is 21.4. The van der Waals surface area contributed by atoms with Crippen LogP contribution in [0, 0.1) is 15.9 Å². The van der Waals surface area contributed by atoms with Gasteiger partial charge in [0.15, 0.2) is 16.6 Å². The summed E-state index contributed by atoms with van der Waals surface area (Å²) in [4.78, 5) is 38.7. The normalized spacial score (nSPS) is 21.4. The molecule has 3 rings (SSSR count). The van der Waals surface area contributed by atoms with Crippen molar-refractivity contribution in [3.63, 3.8) is 0 Å².